The fourth-order valence-electron chi connectivity index (χ4n) is 1.25. The van der Waals surface area contributed by atoms with Crippen LogP contribution >= 0.6 is 11.8 Å². The van der Waals surface area contributed by atoms with Crippen LogP contribution in [0.3, 0.4) is 0 Å². The predicted octanol–water partition coefficient (Wildman–Crippen LogP) is 1.17. The SMILES string of the molecule is CSCc1nnc2cccc(N)n12. The molecular formula is C8H10N4S. The smallest absolute Gasteiger partial charge is 0.162 e. The van der Waals surface area contributed by atoms with Crippen molar-refractivity contribution in [2.24, 2.45) is 0 Å². The molecule has 0 fully saturated rings. The van der Waals surface area contributed by atoms with Gasteiger partial charge in [0.1, 0.15) is 11.6 Å². The number of nitrogens with zero attached hydrogens (tertiary/aromatic N) is 3. The maximum absolute atomic E-state index is 5.81. The Kier molecular flexibility index (Phi) is 2.10. The number of hydrogen-bond acceptors (Lipinski definition) is 4. The minimum atomic E-state index is 0.687. The molecule has 0 amide bonds. The molecule has 2 N–H and O–H groups in total. The summed E-state index contributed by atoms with van der Waals surface area (Å²) in [5.41, 5.74) is 6.61. The molecule has 0 aliphatic heterocycles. The van der Waals surface area contributed by atoms with E-state index in [9.17, 15) is 0 Å². The first-order chi connectivity index (χ1) is 6.33. The number of anilines is 1. The number of thioether (sulfide) groups is 1. The molecule has 0 saturated carbocycles. The molecule has 68 valence electrons. The molecule has 13 heavy (non-hydrogen) atoms. The second-order valence-corrected chi connectivity index (χ2v) is 3.56. The summed E-state index contributed by atoms with van der Waals surface area (Å²) in [7, 11) is 0. The Morgan fingerprint density at radius 2 is 2.31 bits per heavy atom. The van der Waals surface area contributed by atoms with E-state index in [1.165, 1.54) is 0 Å². The van der Waals surface area contributed by atoms with Gasteiger partial charge in [0.2, 0.25) is 0 Å². The van der Waals surface area contributed by atoms with Gasteiger partial charge >= 0.3 is 0 Å². The summed E-state index contributed by atoms with van der Waals surface area (Å²) in [4.78, 5) is 0. The lowest BCUT2D eigenvalue weighted by Gasteiger charge is -2.00. The van der Waals surface area contributed by atoms with E-state index in [4.69, 9.17) is 5.73 Å². The second kappa shape index (κ2) is 3.26. The normalized spacial score (nSPS) is 10.8. The van der Waals surface area contributed by atoms with Crippen LogP contribution in [0.4, 0.5) is 5.82 Å². The van der Waals surface area contributed by atoms with E-state index in [1.54, 1.807) is 11.8 Å². The van der Waals surface area contributed by atoms with Crippen molar-refractivity contribution in [3.63, 3.8) is 0 Å². The molecule has 0 aliphatic rings. The Balaban J connectivity index is 2.64. The Morgan fingerprint density at radius 3 is 3.08 bits per heavy atom. The van der Waals surface area contributed by atoms with Crippen molar-refractivity contribution < 1.29 is 0 Å². The first-order valence-electron chi connectivity index (χ1n) is 3.90. The van der Waals surface area contributed by atoms with Crippen LogP contribution in [0.25, 0.3) is 5.65 Å². The van der Waals surface area contributed by atoms with Gasteiger partial charge in [0, 0.05) is 0 Å². The zero-order valence-corrected chi connectivity index (χ0v) is 8.08. The number of nitrogen functional groups attached to an aromatic ring is 1. The van der Waals surface area contributed by atoms with E-state index >= 15 is 0 Å². The van der Waals surface area contributed by atoms with E-state index in [1.807, 2.05) is 28.9 Å². The van der Waals surface area contributed by atoms with Crippen LogP contribution in [0.1, 0.15) is 5.82 Å². The standard InChI is InChI=1S/C8H10N4S/c1-13-5-8-11-10-7-4-2-3-6(9)12(7)8/h2-4H,5,9H2,1H3. The van der Waals surface area contributed by atoms with Crippen molar-refractivity contribution >= 4 is 23.2 Å². The van der Waals surface area contributed by atoms with Gasteiger partial charge in [-0.05, 0) is 18.4 Å². The van der Waals surface area contributed by atoms with Crippen LogP contribution in [0, 0.1) is 0 Å². The molecular weight excluding hydrogens is 184 g/mol. The molecule has 2 aromatic heterocycles. The monoisotopic (exact) mass is 194 g/mol. The fraction of sp³-hybridized carbons (Fsp3) is 0.250. The molecule has 0 aliphatic carbocycles. The van der Waals surface area contributed by atoms with Gasteiger partial charge in [-0.25, -0.2) is 0 Å². The zero-order valence-electron chi connectivity index (χ0n) is 7.27. The predicted molar refractivity (Wildman–Crippen MR) is 54.6 cm³/mol. The van der Waals surface area contributed by atoms with Gasteiger partial charge in [-0.1, -0.05) is 6.07 Å². The number of aromatic nitrogens is 3. The van der Waals surface area contributed by atoms with Crippen LogP contribution in [0.5, 0.6) is 0 Å². The molecule has 2 heterocycles. The maximum atomic E-state index is 5.81. The number of hydrogen-bond donors (Lipinski definition) is 1. The number of pyridine rings is 1. The molecule has 2 aromatic rings. The van der Waals surface area contributed by atoms with Crippen molar-refractivity contribution in [3.8, 4) is 0 Å². The average Bonchev–Trinajstić information content (AvgIpc) is 2.51. The van der Waals surface area contributed by atoms with E-state index in [0.717, 1.165) is 17.2 Å². The Labute approximate surface area is 80.2 Å². The molecule has 5 heteroatoms. The topological polar surface area (TPSA) is 56.2 Å². The number of rotatable bonds is 2. The average molecular weight is 194 g/mol. The van der Waals surface area contributed by atoms with Gasteiger partial charge in [-0.2, -0.15) is 11.8 Å². The Hall–Kier alpha value is -1.23. The summed E-state index contributed by atoms with van der Waals surface area (Å²) in [6, 6.07) is 5.62. The summed E-state index contributed by atoms with van der Waals surface area (Å²) in [6.07, 6.45) is 2.03. The lowest BCUT2D eigenvalue weighted by Crippen LogP contribution is -1.99. The minimum absolute atomic E-state index is 0.687. The molecule has 0 saturated heterocycles. The Morgan fingerprint density at radius 1 is 1.46 bits per heavy atom. The summed E-state index contributed by atoms with van der Waals surface area (Å²) < 4.78 is 1.87. The molecule has 0 aromatic carbocycles. The highest BCUT2D eigenvalue weighted by atomic mass is 32.2. The Bertz CT molecular complexity index is 423. The van der Waals surface area contributed by atoms with Crippen LogP contribution in [-0.2, 0) is 5.75 Å². The lowest BCUT2D eigenvalue weighted by molar-refractivity contribution is 0.996. The van der Waals surface area contributed by atoms with Gasteiger partial charge in [0.05, 0.1) is 5.75 Å². The highest BCUT2D eigenvalue weighted by Gasteiger charge is 2.05. The van der Waals surface area contributed by atoms with Crippen molar-refractivity contribution in [2.45, 2.75) is 5.75 Å². The molecule has 0 radical (unpaired) electrons. The minimum Gasteiger partial charge on any atom is -0.385 e. The van der Waals surface area contributed by atoms with Crippen LogP contribution in [-0.4, -0.2) is 20.9 Å². The van der Waals surface area contributed by atoms with Gasteiger partial charge in [0.15, 0.2) is 5.65 Å². The van der Waals surface area contributed by atoms with Crippen molar-refractivity contribution in [1.82, 2.24) is 14.6 Å². The van der Waals surface area contributed by atoms with Crippen LogP contribution < -0.4 is 5.73 Å². The largest absolute Gasteiger partial charge is 0.385 e. The molecule has 0 spiro atoms. The molecule has 2 rings (SSSR count). The van der Waals surface area contributed by atoms with E-state index in [0.29, 0.717) is 5.82 Å². The highest BCUT2D eigenvalue weighted by molar-refractivity contribution is 7.97. The van der Waals surface area contributed by atoms with Gasteiger partial charge < -0.3 is 5.73 Å². The first-order valence-corrected chi connectivity index (χ1v) is 5.30. The maximum Gasteiger partial charge on any atom is 0.162 e. The molecule has 0 atom stereocenters. The van der Waals surface area contributed by atoms with E-state index in [2.05, 4.69) is 10.2 Å². The van der Waals surface area contributed by atoms with Crippen molar-refractivity contribution in [2.75, 3.05) is 12.0 Å². The van der Waals surface area contributed by atoms with Gasteiger partial charge in [-0.15, -0.1) is 10.2 Å². The molecule has 0 bridgehead atoms. The van der Waals surface area contributed by atoms with Crippen LogP contribution in [0.2, 0.25) is 0 Å². The molecule has 0 unspecified atom stereocenters. The van der Waals surface area contributed by atoms with E-state index in [-0.39, 0.29) is 0 Å². The quantitative estimate of drug-likeness (QED) is 0.779. The van der Waals surface area contributed by atoms with Crippen molar-refractivity contribution in [3.05, 3.63) is 24.0 Å². The van der Waals surface area contributed by atoms with Gasteiger partial charge in [0.25, 0.3) is 0 Å². The lowest BCUT2D eigenvalue weighted by atomic mass is 10.4. The third-order valence-electron chi connectivity index (χ3n) is 1.80. The first kappa shape index (κ1) is 8.37. The summed E-state index contributed by atoms with van der Waals surface area (Å²) in [5, 5.41) is 8.08. The van der Waals surface area contributed by atoms with Gasteiger partial charge in [-0.3, -0.25) is 4.40 Å². The summed E-state index contributed by atoms with van der Waals surface area (Å²) >= 11 is 1.70. The summed E-state index contributed by atoms with van der Waals surface area (Å²) in [6.45, 7) is 0. The third kappa shape index (κ3) is 1.35. The zero-order chi connectivity index (χ0) is 9.26. The van der Waals surface area contributed by atoms with Crippen molar-refractivity contribution in [1.29, 1.82) is 0 Å². The van der Waals surface area contributed by atoms with E-state index < -0.39 is 0 Å². The number of fused-ring (bicyclic) bond motifs is 1. The second-order valence-electron chi connectivity index (χ2n) is 2.69. The van der Waals surface area contributed by atoms with Crippen LogP contribution in [0.15, 0.2) is 18.2 Å². The third-order valence-corrected chi connectivity index (χ3v) is 2.35. The highest BCUT2D eigenvalue weighted by Crippen LogP contribution is 2.13. The number of nitrogens with two attached hydrogens (primary N) is 1. The fourth-order valence-corrected chi connectivity index (χ4v) is 1.69. The summed E-state index contributed by atoms with van der Waals surface area (Å²) in [5.74, 6) is 2.42. The molecule has 4 nitrogen and oxygen atoms in total.